The van der Waals surface area contributed by atoms with Crippen LogP contribution in [0.15, 0.2) is 60.1 Å². The predicted octanol–water partition coefficient (Wildman–Crippen LogP) is 5.63. The summed E-state index contributed by atoms with van der Waals surface area (Å²) < 4.78 is 19.0. The molecule has 0 saturated carbocycles. The highest BCUT2D eigenvalue weighted by Gasteiger charge is 2.44. The number of Topliss-reactive ketones (excluding diaryl/α,β-unsaturated/α-hetero) is 1. The second kappa shape index (κ2) is 8.59. The Labute approximate surface area is 218 Å². The minimum atomic E-state index is -0.471. The molecule has 1 unspecified atom stereocenters. The third kappa shape index (κ3) is 3.83. The molecule has 3 heterocycles. The van der Waals surface area contributed by atoms with Crippen LogP contribution in [0.4, 0.5) is 0 Å². The molecule has 0 amide bonds. The summed E-state index contributed by atoms with van der Waals surface area (Å²) >= 11 is 6.45. The molecule has 8 nitrogen and oxygen atoms in total. The van der Waals surface area contributed by atoms with Crippen molar-refractivity contribution in [2.24, 2.45) is 5.41 Å². The Hall–Kier alpha value is -3.91. The zero-order valence-electron chi connectivity index (χ0n) is 20.9. The number of ether oxygens (including phenoxy) is 3. The Morgan fingerprint density at radius 2 is 1.86 bits per heavy atom. The number of fused-ring (bicyclic) bond motifs is 3. The first-order chi connectivity index (χ1) is 17.8. The number of rotatable bonds is 4. The normalized spacial score (nSPS) is 18.3. The predicted molar refractivity (Wildman–Crippen MR) is 138 cm³/mol. The number of methoxy groups -OCH3 is 2. The standard InChI is InChI=1S/C28H25ClN4O4/c1-28(2)12-18(34)23-21(13-28)37-27-24(22(23)15-9-10-19(35-3)20(11-15)36-4)26-31-25(32-33(26)14-30-27)16-7-5-6-8-17(16)29/h5-11,14,22H,12-13H2,1-4H3. The summed E-state index contributed by atoms with van der Waals surface area (Å²) in [5.74, 6) is 2.26. The second-order valence-corrected chi connectivity index (χ2v) is 10.5. The van der Waals surface area contributed by atoms with Crippen molar-refractivity contribution in [2.45, 2.75) is 32.6 Å². The van der Waals surface area contributed by atoms with Gasteiger partial charge in [-0.3, -0.25) is 4.79 Å². The number of carbonyl (C=O) groups excluding carboxylic acids is 1. The molecule has 1 atom stereocenters. The lowest BCUT2D eigenvalue weighted by molar-refractivity contribution is -0.118. The number of allylic oxidation sites excluding steroid dienone is 2. The Morgan fingerprint density at radius 1 is 1.08 bits per heavy atom. The molecule has 2 aromatic carbocycles. The van der Waals surface area contributed by atoms with Crippen LogP contribution in [0.3, 0.4) is 0 Å². The first kappa shape index (κ1) is 23.5. The topological polar surface area (TPSA) is 87.8 Å². The molecule has 4 aromatic rings. The number of ketones is 1. The van der Waals surface area contributed by atoms with E-state index in [1.165, 1.54) is 0 Å². The molecule has 6 rings (SSSR count). The van der Waals surface area contributed by atoms with Crippen LogP contribution in [-0.4, -0.2) is 39.6 Å². The van der Waals surface area contributed by atoms with Gasteiger partial charge in [0.05, 0.1) is 30.7 Å². The smallest absolute Gasteiger partial charge is 0.228 e. The molecular formula is C28H25ClN4O4. The van der Waals surface area contributed by atoms with Gasteiger partial charge in [-0.25, -0.2) is 14.5 Å². The van der Waals surface area contributed by atoms with Crippen molar-refractivity contribution in [3.8, 4) is 28.8 Å². The van der Waals surface area contributed by atoms with Crippen LogP contribution in [-0.2, 0) is 4.79 Å². The Bertz CT molecular complexity index is 1610. The zero-order valence-corrected chi connectivity index (χ0v) is 21.7. The van der Waals surface area contributed by atoms with Crippen LogP contribution in [0.1, 0.15) is 43.7 Å². The first-order valence-corrected chi connectivity index (χ1v) is 12.3. The van der Waals surface area contributed by atoms with Gasteiger partial charge < -0.3 is 14.2 Å². The van der Waals surface area contributed by atoms with Gasteiger partial charge in [-0.05, 0) is 35.2 Å². The highest BCUT2D eigenvalue weighted by Crippen LogP contribution is 2.51. The van der Waals surface area contributed by atoms with E-state index in [-0.39, 0.29) is 11.2 Å². The molecular weight excluding hydrogens is 492 g/mol. The molecule has 0 bridgehead atoms. The Morgan fingerprint density at radius 3 is 2.62 bits per heavy atom. The van der Waals surface area contributed by atoms with Gasteiger partial charge in [0.2, 0.25) is 5.88 Å². The highest BCUT2D eigenvalue weighted by molar-refractivity contribution is 6.33. The van der Waals surface area contributed by atoms with E-state index in [4.69, 9.17) is 30.8 Å². The number of benzene rings is 2. The molecule has 0 spiro atoms. The lowest BCUT2D eigenvalue weighted by Gasteiger charge is -2.37. The van der Waals surface area contributed by atoms with Crippen LogP contribution >= 0.6 is 11.6 Å². The number of carbonyl (C=O) groups is 1. The van der Waals surface area contributed by atoms with Gasteiger partial charge in [0.15, 0.2) is 28.8 Å². The van der Waals surface area contributed by atoms with E-state index in [0.29, 0.717) is 69.2 Å². The average molecular weight is 517 g/mol. The number of nitrogens with zero attached hydrogens (tertiary/aromatic N) is 4. The van der Waals surface area contributed by atoms with E-state index in [1.807, 2.05) is 36.4 Å². The van der Waals surface area contributed by atoms with E-state index >= 15 is 0 Å². The molecule has 37 heavy (non-hydrogen) atoms. The van der Waals surface area contributed by atoms with Gasteiger partial charge in [-0.1, -0.05) is 43.6 Å². The van der Waals surface area contributed by atoms with Gasteiger partial charge >= 0.3 is 0 Å². The molecule has 0 fully saturated rings. The first-order valence-electron chi connectivity index (χ1n) is 12.0. The molecule has 188 valence electrons. The molecule has 0 saturated heterocycles. The van der Waals surface area contributed by atoms with Crippen molar-refractivity contribution in [1.82, 2.24) is 19.6 Å². The SMILES string of the molecule is COc1ccc(C2C3=C(CC(C)(C)CC3=O)Oc3ncn4nc(-c5ccccc5Cl)nc4c32)cc1OC. The summed E-state index contributed by atoms with van der Waals surface area (Å²) in [7, 11) is 3.18. The van der Waals surface area contributed by atoms with E-state index in [0.717, 1.165) is 5.56 Å². The van der Waals surface area contributed by atoms with Gasteiger partial charge in [-0.15, -0.1) is 5.10 Å². The van der Waals surface area contributed by atoms with Crippen molar-refractivity contribution in [3.05, 3.63) is 76.3 Å². The number of hydrogen-bond donors (Lipinski definition) is 0. The van der Waals surface area contributed by atoms with Crippen LogP contribution in [0.5, 0.6) is 17.4 Å². The third-order valence-corrected chi connectivity index (χ3v) is 7.25. The fourth-order valence-corrected chi connectivity index (χ4v) is 5.49. The van der Waals surface area contributed by atoms with Gasteiger partial charge in [0.1, 0.15) is 12.1 Å². The summed E-state index contributed by atoms with van der Waals surface area (Å²) in [4.78, 5) is 23.1. The van der Waals surface area contributed by atoms with Crippen molar-refractivity contribution in [3.63, 3.8) is 0 Å². The summed E-state index contributed by atoms with van der Waals surface area (Å²) in [6.45, 7) is 4.15. The van der Waals surface area contributed by atoms with Crippen molar-refractivity contribution < 1.29 is 19.0 Å². The molecule has 2 aliphatic rings. The van der Waals surface area contributed by atoms with Gasteiger partial charge in [-0.2, -0.15) is 0 Å². The number of halogens is 1. The van der Waals surface area contributed by atoms with E-state index in [2.05, 4.69) is 23.9 Å². The van der Waals surface area contributed by atoms with E-state index in [9.17, 15) is 4.79 Å². The van der Waals surface area contributed by atoms with Crippen molar-refractivity contribution >= 4 is 23.0 Å². The monoisotopic (exact) mass is 516 g/mol. The van der Waals surface area contributed by atoms with Crippen molar-refractivity contribution in [1.29, 1.82) is 0 Å². The highest BCUT2D eigenvalue weighted by atomic mass is 35.5. The summed E-state index contributed by atoms with van der Waals surface area (Å²) in [5.41, 5.74) is 3.18. The fourth-order valence-electron chi connectivity index (χ4n) is 5.27. The molecule has 9 heteroatoms. The minimum absolute atomic E-state index is 0.0459. The third-order valence-electron chi connectivity index (χ3n) is 6.92. The molecule has 0 N–H and O–H groups in total. The van der Waals surface area contributed by atoms with Crippen molar-refractivity contribution in [2.75, 3.05) is 14.2 Å². The quantitative estimate of drug-likeness (QED) is 0.347. The second-order valence-electron chi connectivity index (χ2n) is 10.1. The molecule has 1 aliphatic heterocycles. The van der Waals surface area contributed by atoms with E-state index in [1.54, 1.807) is 31.1 Å². The van der Waals surface area contributed by atoms with Gasteiger partial charge in [0, 0.05) is 24.0 Å². The maximum atomic E-state index is 13.6. The molecule has 1 aliphatic carbocycles. The largest absolute Gasteiger partial charge is 0.493 e. The lowest BCUT2D eigenvalue weighted by Crippen LogP contribution is -2.33. The summed E-state index contributed by atoms with van der Waals surface area (Å²) in [6, 6.07) is 13.1. The Balaban J connectivity index is 1.62. The van der Waals surface area contributed by atoms with Crippen LogP contribution in [0, 0.1) is 5.41 Å². The number of hydrogen-bond acceptors (Lipinski definition) is 7. The Kier molecular flexibility index (Phi) is 5.45. The van der Waals surface area contributed by atoms with Crippen LogP contribution in [0.25, 0.3) is 17.0 Å². The lowest BCUT2D eigenvalue weighted by atomic mass is 9.70. The molecule has 0 radical (unpaired) electrons. The van der Waals surface area contributed by atoms with Crippen LogP contribution < -0.4 is 14.2 Å². The average Bonchev–Trinajstić information content (AvgIpc) is 3.31. The maximum Gasteiger partial charge on any atom is 0.228 e. The molecule has 2 aromatic heterocycles. The fraction of sp³-hybridized carbons (Fsp3) is 0.286. The van der Waals surface area contributed by atoms with Crippen LogP contribution in [0.2, 0.25) is 5.02 Å². The van der Waals surface area contributed by atoms with E-state index < -0.39 is 5.92 Å². The minimum Gasteiger partial charge on any atom is -0.493 e. The summed E-state index contributed by atoms with van der Waals surface area (Å²) in [6.07, 6.45) is 2.62. The number of aromatic nitrogens is 4. The van der Waals surface area contributed by atoms with Gasteiger partial charge in [0.25, 0.3) is 0 Å². The zero-order chi connectivity index (χ0) is 25.9. The summed E-state index contributed by atoms with van der Waals surface area (Å²) in [5, 5.41) is 5.19. The maximum absolute atomic E-state index is 13.6.